The zero-order valence-electron chi connectivity index (χ0n) is 21.4. The van der Waals surface area contributed by atoms with Gasteiger partial charge >= 0.3 is 6.18 Å². The monoisotopic (exact) mass is 559 g/mol. The number of alkyl halides is 3. The minimum atomic E-state index is -4.56. The topological polar surface area (TPSA) is 84.7 Å². The van der Waals surface area contributed by atoms with Crippen molar-refractivity contribution in [3.63, 3.8) is 0 Å². The van der Waals surface area contributed by atoms with Crippen molar-refractivity contribution in [3.8, 4) is 40.1 Å². The molecule has 1 heterocycles. The summed E-state index contributed by atoms with van der Waals surface area (Å²) >= 11 is 1.05. The minimum Gasteiger partial charge on any atom is -0.497 e. The summed E-state index contributed by atoms with van der Waals surface area (Å²) in [6, 6.07) is 14.6. The number of ether oxygens (including phenoxy) is 4. The number of rotatable bonds is 10. The molecule has 0 aliphatic carbocycles. The number of nitrogens with zero attached hydrogens (tertiary/aromatic N) is 3. The highest BCUT2D eigenvalue weighted by Gasteiger charge is 2.31. The standard InChI is InChI=1S/C27H24F3N3O5S/c1-35-20-10-8-16(9-11-20)21(34)15-39-26-32-31-25(17-12-22(36-2)24(38-4)23(13-17)37-3)33(26)19-7-5-6-18(14-19)27(28,29)30/h5-14H,15H2,1-4H3. The zero-order valence-corrected chi connectivity index (χ0v) is 22.2. The number of aromatic nitrogens is 3. The first-order chi connectivity index (χ1) is 18.7. The number of hydrogen-bond acceptors (Lipinski definition) is 8. The largest absolute Gasteiger partial charge is 0.497 e. The summed E-state index contributed by atoms with van der Waals surface area (Å²) in [6.45, 7) is 0. The quantitative estimate of drug-likeness (QED) is 0.174. The molecule has 0 unspecified atom stereocenters. The average Bonchev–Trinajstić information content (AvgIpc) is 3.38. The van der Waals surface area contributed by atoms with Crippen molar-refractivity contribution in [2.75, 3.05) is 34.2 Å². The fourth-order valence-electron chi connectivity index (χ4n) is 3.80. The molecule has 0 saturated heterocycles. The van der Waals surface area contributed by atoms with Crippen molar-refractivity contribution in [3.05, 3.63) is 71.8 Å². The summed E-state index contributed by atoms with van der Waals surface area (Å²) in [6.07, 6.45) is -4.56. The summed E-state index contributed by atoms with van der Waals surface area (Å²) in [5.74, 6) is 1.60. The van der Waals surface area contributed by atoms with Gasteiger partial charge in [0.2, 0.25) is 5.75 Å². The Kier molecular flexibility index (Phi) is 8.34. The number of carbonyl (C=O) groups is 1. The average molecular weight is 560 g/mol. The summed E-state index contributed by atoms with van der Waals surface area (Å²) < 4.78 is 63.5. The lowest BCUT2D eigenvalue weighted by molar-refractivity contribution is -0.137. The maximum absolute atomic E-state index is 13.6. The number of Topliss-reactive ketones (excluding diaryl/α,β-unsaturated/α-hetero) is 1. The smallest absolute Gasteiger partial charge is 0.416 e. The summed E-state index contributed by atoms with van der Waals surface area (Å²) in [4.78, 5) is 12.9. The highest BCUT2D eigenvalue weighted by atomic mass is 32.2. The molecule has 0 aliphatic heterocycles. The first-order valence-corrected chi connectivity index (χ1v) is 12.4. The van der Waals surface area contributed by atoms with Crippen molar-refractivity contribution in [2.45, 2.75) is 11.3 Å². The molecule has 0 fully saturated rings. The molecule has 3 aromatic carbocycles. The van der Waals surface area contributed by atoms with E-state index in [9.17, 15) is 18.0 Å². The van der Waals surface area contributed by atoms with E-state index in [1.807, 2.05) is 0 Å². The fraction of sp³-hybridized carbons (Fsp3) is 0.222. The molecule has 1 aromatic heterocycles. The molecule has 204 valence electrons. The molecule has 4 rings (SSSR count). The highest BCUT2D eigenvalue weighted by Crippen LogP contribution is 2.42. The molecular weight excluding hydrogens is 535 g/mol. The van der Waals surface area contributed by atoms with Crippen LogP contribution < -0.4 is 18.9 Å². The van der Waals surface area contributed by atoms with Gasteiger partial charge in [-0.15, -0.1) is 10.2 Å². The predicted octanol–water partition coefficient (Wildman–Crippen LogP) is 5.96. The van der Waals surface area contributed by atoms with Crippen LogP contribution in [-0.4, -0.2) is 54.7 Å². The number of hydrogen-bond donors (Lipinski definition) is 0. The number of ketones is 1. The maximum atomic E-state index is 13.6. The fourth-order valence-corrected chi connectivity index (χ4v) is 4.65. The van der Waals surface area contributed by atoms with Gasteiger partial charge in [-0.2, -0.15) is 13.2 Å². The number of halogens is 3. The van der Waals surface area contributed by atoms with Gasteiger partial charge in [0.25, 0.3) is 0 Å². The van der Waals surface area contributed by atoms with Gasteiger partial charge in [0.1, 0.15) is 5.75 Å². The van der Waals surface area contributed by atoms with Gasteiger partial charge in [-0.05, 0) is 54.6 Å². The second-order valence-electron chi connectivity index (χ2n) is 8.04. The van der Waals surface area contributed by atoms with E-state index in [1.165, 1.54) is 45.1 Å². The molecule has 0 saturated carbocycles. The Morgan fingerprint density at radius 1 is 0.872 bits per heavy atom. The van der Waals surface area contributed by atoms with Gasteiger partial charge in [0.05, 0.1) is 45.4 Å². The lowest BCUT2D eigenvalue weighted by Crippen LogP contribution is -2.08. The molecule has 0 bridgehead atoms. The van der Waals surface area contributed by atoms with Crippen molar-refractivity contribution < 1.29 is 36.9 Å². The van der Waals surface area contributed by atoms with E-state index in [4.69, 9.17) is 18.9 Å². The molecule has 0 amide bonds. The van der Waals surface area contributed by atoms with E-state index >= 15 is 0 Å². The first-order valence-electron chi connectivity index (χ1n) is 11.4. The maximum Gasteiger partial charge on any atom is 0.416 e. The first kappa shape index (κ1) is 27.8. The molecule has 0 spiro atoms. The molecule has 0 aliphatic rings. The van der Waals surface area contributed by atoms with Gasteiger partial charge in [-0.25, -0.2) is 0 Å². The van der Waals surface area contributed by atoms with Crippen molar-refractivity contribution in [1.82, 2.24) is 14.8 Å². The predicted molar refractivity (Wildman–Crippen MR) is 140 cm³/mol. The van der Waals surface area contributed by atoms with Crippen LogP contribution in [0.15, 0.2) is 65.8 Å². The van der Waals surface area contributed by atoms with E-state index in [-0.39, 0.29) is 28.2 Å². The highest BCUT2D eigenvalue weighted by molar-refractivity contribution is 7.99. The Bertz CT molecular complexity index is 1450. The second-order valence-corrected chi connectivity index (χ2v) is 8.99. The Morgan fingerprint density at radius 2 is 1.54 bits per heavy atom. The van der Waals surface area contributed by atoms with Gasteiger partial charge in [0, 0.05) is 11.1 Å². The molecule has 0 radical (unpaired) electrons. The van der Waals surface area contributed by atoms with Gasteiger partial charge in [0.15, 0.2) is 28.3 Å². The summed E-state index contributed by atoms with van der Waals surface area (Å²) in [5.41, 5.74) is 0.230. The summed E-state index contributed by atoms with van der Waals surface area (Å²) in [7, 11) is 5.88. The Labute approximate surface area is 226 Å². The minimum absolute atomic E-state index is 0.0291. The molecule has 8 nitrogen and oxygen atoms in total. The lowest BCUT2D eigenvalue weighted by Gasteiger charge is -2.16. The lowest BCUT2D eigenvalue weighted by atomic mass is 10.1. The second kappa shape index (κ2) is 11.7. The SMILES string of the molecule is COc1ccc(C(=O)CSc2nnc(-c3cc(OC)c(OC)c(OC)c3)n2-c2cccc(C(F)(F)F)c2)cc1. The van der Waals surface area contributed by atoms with Crippen LogP contribution in [0.3, 0.4) is 0 Å². The number of methoxy groups -OCH3 is 4. The van der Waals surface area contributed by atoms with E-state index < -0.39 is 11.7 Å². The van der Waals surface area contributed by atoms with Crippen LogP contribution in [0.1, 0.15) is 15.9 Å². The Morgan fingerprint density at radius 3 is 2.10 bits per heavy atom. The van der Waals surface area contributed by atoms with Crippen molar-refractivity contribution in [2.24, 2.45) is 0 Å². The van der Waals surface area contributed by atoms with Crippen LogP contribution in [0, 0.1) is 0 Å². The van der Waals surface area contributed by atoms with Crippen LogP contribution in [-0.2, 0) is 6.18 Å². The van der Waals surface area contributed by atoms with Gasteiger partial charge in [-0.1, -0.05) is 17.8 Å². The van der Waals surface area contributed by atoms with E-state index in [2.05, 4.69) is 10.2 Å². The molecule has 39 heavy (non-hydrogen) atoms. The van der Waals surface area contributed by atoms with Crippen molar-refractivity contribution in [1.29, 1.82) is 0 Å². The third kappa shape index (κ3) is 5.95. The van der Waals surface area contributed by atoms with E-state index in [0.29, 0.717) is 34.1 Å². The van der Waals surface area contributed by atoms with Crippen LogP contribution in [0.4, 0.5) is 13.2 Å². The molecule has 0 atom stereocenters. The van der Waals surface area contributed by atoms with Crippen LogP contribution in [0.5, 0.6) is 23.0 Å². The normalized spacial score (nSPS) is 11.3. The van der Waals surface area contributed by atoms with Gasteiger partial charge in [-0.3, -0.25) is 9.36 Å². The van der Waals surface area contributed by atoms with Crippen LogP contribution in [0.2, 0.25) is 0 Å². The molecule has 0 N–H and O–H groups in total. The van der Waals surface area contributed by atoms with Crippen LogP contribution >= 0.6 is 11.8 Å². The summed E-state index contributed by atoms with van der Waals surface area (Å²) in [5, 5.41) is 8.70. The number of thioether (sulfide) groups is 1. The van der Waals surface area contributed by atoms with Crippen LogP contribution in [0.25, 0.3) is 17.1 Å². The number of carbonyl (C=O) groups excluding carboxylic acids is 1. The van der Waals surface area contributed by atoms with E-state index in [1.54, 1.807) is 36.4 Å². The Hall–Kier alpha value is -4.19. The van der Waals surface area contributed by atoms with Gasteiger partial charge < -0.3 is 18.9 Å². The third-order valence-electron chi connectivity index (χ3n) is 5.73. The Balaban J connectivity index is 1.79. The third-order valence-corrected chi connectivity index (χ3v) is 6.66. The molecular formula is C27H24F3N3O5S. The molecule has 4 aromatic rings. The van der Waals surface area contributed by atoms with E-state index in [0.717, 1.165) is 23.9 Å². The number of benzene rings is 3. The zero-order chi connectivity index (χ0) is 28.2. The molecule has 12 heteroatoms. The van der Waals surface area contributed by atoms with Crippen molar-refractivity contribution >= 4 is 17.5 Å².